The Labute approximate surface area is 119 Å². The second-order valence-corrected chi connectivity index (χ2v) is 4.31. The fourth-order valence-corrected chi connectivity index (χ4v) is 1.96. The molecule has 0 aliphatic rings. The summed E-state index contributed by atoms with van der Waals surface area (Å²) in [7, 11) is 0. The topological polar surface area (TPSA) is 115 Å². The molecule has 0 saturated carbocycles. The van der Waals surface area contributed by atoms with Crippen molar-refractivity contribution in [2.45, 2.75) is 0 Å². The minimum Gasteiger partial charge on any atom is -0.480 e. The van der Waals surface area contributed by atoms with Gasteiger partial charge in [-0.05, 0) is 12.1 Å². The molecule has 0 saturated heterocycles. The molecule has 106 valence electrons. The molecule has 7 nitrogen and oxygen atoms in total. The molecule has 1 aromatic heterocycles. The molecular formula is C14H11N3O4. The van der Waals surface area contributed by atoms with Crippen molar-refractivity contribution in [2.75, 3.05) is 18.0 Å². The summed E-state index contributed by atoms with van der Waals surface area (Å²) < 4.78 is 0. The fraction of sp³-hybridized carbons (Fsp3) is 0.143. The first-order valence-electron chi connectivity index (χ1n) is 5.99. The minimum absolute atomic E-state index is 0.0565. The summed E-state index contributed by atoms with van der Waals surface area (Å²) in [5.41, 5.74) is 0.698. The van der Waals surface area contributed by atoms with Crippen LogP contribution in [0.2, 0.25) is 0 Å². The van der Waals surface area contributed by atoms with E-state index < -0.39 is 25.0 Å². The summed E-state index contributed by atoms with van der Waals surface area (Å²) in [5.74, 6) is -2.34. The number of carboxylic acid groups (broad SMARTS) is 2. The summed E-state index contributed by atoms with van der Waals surface area (Å²) in [5, 5.41) is 27.7. The van der Waals surface area contributed by atoms with Gasteiger partial charge in [-0.25, -0.2) is 4.98 Å². The summed E-state index contributed by atoms with van der Waals surface area (Å²) in [6, 6.07) is 10.5. The Kier molecular flexibility index (Phi) is 4.00. The number of aromatic nitrogens is 1. The number of benzene rings is 1. The number of carbonyl (C=O) groups is 2. The number of nitrogens with zero attached hydrogens (tertiary/aromatic N) is 3. The van der Waals surface area contributed by atoms with Crippen molar-refractivity contribution in [3.05, 3.63) is 35.9 Å². The Morgan fingerprint density at radius 3 is 2.38 bits per heavy atom. The number of nitriles is 1. The lowest BCUT2D eigenvalue weighted by Gasteiger charge is -2.20. The van der Waals surface area contributed by atoms with Crippen LogP contribution >= 0.6 is 0 Å². The Morgan fingerprint density at radius 2 is 1.81 bits per heavy atom. The first-order chi connectivity index (χ1) is 10.0. The molecule has 0 radical (unpaired) electrons. The van der Waals surface area contributed by atoms with Crippen molar-refractivity contribution in [1.29, 1.82) is 5.26 Å². The lowest BCUT2D eigenvalue weighted by atomic mass is 10.1. The number of hydrogen-bond acceptors (Lipinski definition) is 5. The number of fused-ring (bicyclic) bond motifs is 1. The van der Waals surface area contributed by atoms with Gasteiger partial charge in [0.15, 0.2) is 0 Å². The van der Waals surface area contributed by atoms with E-state index in [4.69, 9.17) is 10.2 Å². The van der Waals surface area contributed by atoms with Gasteiger partial charge in [-0.15, -0.1) is 0 Å². The van der Waals surface area contributed by atoms with Gasteiger partial charge in [-0.3, -0.25) is 9.59 Å². The van der Waals surface area contributed by atoms with Crippen LogP contribution in [0.25, 0.3) is 10.9 Å². The maximum Gasteiger partial charge on any atom is 0.323 e. The largest absolute Gasteiger partial charge is 0.480 e. The number of hydrogen-bond donors (Lipinski definition) is 2. The molecule has 0 atom stereocenters. The molecule has 0 unspecified atom stereocenters. The third-order valence-corrected chi connectivity index (χ3v) is 2.78. The highest BCUT2D eigenvalue weighted by molar-refractivity contribution is 5.85. The van der Waals surface area contributed by atoms with E-state index in [9.17, 15) is 14.9 Å². The van der Waals surface area contributed by atoms with E-state index in [0.717, 1.165) is 10.3 Å². The third-order valence-electron chi connectivity index (χ3n) is 2.78. The van der Waals surface area contributed by atoms with Gasteiger partial charge in [0.2, 0.25) is 0 Å². The molecule has 21 heavy (non-hydrogen) atoms. The fourth-order valence-electron chi connectivity index (χ4n) is 1.96. The highest BCUT2D eigenvalue weighted by atomic mass is 16.4. The van der Waals surface area contributed by atoms with E-state index in [-0.39, 0.29) is 11.4 Å². The van der Waals surface area contributed by atoms with Crippen LogP contribution in [0, 0.1) is 11.3 Å². The van der Waals surface area contributed by atoms with Gasteiger partial charge in [0, 0.05) is 5.39 Å². The minimum atomic E-state index is -1.20. The summed E-state index contributed by atoms with van der Waals surface area (Å²) in [4.78, 5) is 27.0. The summed E-state index contributed by atoms with van der Waals surface area (Å²) in [6.45, 7) is -1.10. The van der Waals surface area contributed by atoms with Gasteiger partial charge in [-0.1, -0.05) is 18.2 Å². The molecule has 0 bridgehead atoms. The molecule has 0 spiro atoms. The molecule has 1 heterocycles. The number of pyridine rings is 1. The zero-order valence-corrected chi connectivity index (χ0v) is 10.9. The van der Waals surface area contributed by atoms with E-state index in [1.54, 1.807) is 30.3 Å². The van der Waals surface area contributed by atoms with Crippen molar-refractivity contribution in [3.8, 4) is 6.07 Å². The van der Waals surface area contributed by atoms with Gasteiger partial charge in [0.1, 0.15) is 25.0 Å². The van der Waals surface area contributed by atoms with Crippen LogP contribution in [-0.4, -0.2) is 40.2 Å². The van der Waals surface area contributed by atoms with Crippen molar-refractivity contribution in [2.24, 2.45) is 0 Å². The number of rotatable bonds is 5. The second-order valence-electron chi connectivity index (χ2n) is 4.31. The van der Waals surface area contributed by atoms with Crippen LogP contribution in [0.3, 0.4) is 0 Å². The second kappa shape index (κ2) is 5.88. The van der Waals surface area contributed by atoms with Crippen LogP contribution in [0.15, 0.2) is 30.3 Å². The maximum atomic E-state index is 10.9. The average Bonchev–Trinajstić information content (AvgIpc) is 2.44. The quantitative estimate of drug-likeness (QED) is 0.844. The van der Waals surface area contributed by atoms with Gasteiger partial charge in [0.25, 0.3) is 0 Å². The van der Waals surface area contributed by atoms with Gasteiger partial charge >= 0.3 is 11.9 Å². The normalized spacial score (nSPS) is 10.0. The Hall–Kier alpha value is -3.14. The van der Waals surface area contributed by atoms with E-state index in [1.807, 2.05) is 6.07 Å². The molecule has 7 heteroatoms. The first kappa shape index (κ1) is 14.3. The zero-order chi connectivity index (χ0) is 15.4. The van der Waals surface area contributed by atoms with Gasteiger partial charge in [0.05, 0.1) is 11.1 Å². The van der Waals surface area contributed by atoms with Crippen LogP contribution in [0.1, 0.15) is 5.56 Å². The summed E-state index contributed by atoms with van der Waals surface area (Å²) in [6.07, 6.45) is 0. The first-order valence-corrected chi connectivity index (χ1v) is 5.99. The Morgan fingerprint density at radius 1 is 1.19 bits per heavy atom. The number of carboxylic acids is 2. The molecule has 2 aromatic rings. The molecular weight excluding hydrogens is 274 g/mol. The van der Waals surface area contributed by atoms with Gasteiger partial charge in [-0.2, -0.15) is 5.26 Å². The third kappa shape index (κ3) is 3.25. The average molecular weight is 285 g/mol. The van der Waals surface area contributed by atoms with Gasteiger partial charge < -0.3 is 15.1 Å². The Bertz CT molecular complexity index is 735. The van der Waals surface area contributed by atoms with Crippen molar-refractivity contribution >= 4 is 28.7 Å². The van der Waals surface area contributed by atoms with E-state index in [0.29, 0.717) is 5.52 Å². The van der Waals surface area contributed by atoms with Crippen molar-refractivity contribution in [3.63, 3.8) is 0 Å². The van der Waals surface area contributed by atoms with E-state index >= 15 is 0 Å². The number of para-hydroxylation sites is 1. The monoisotopic (exact) mass is 285 g/mol. The lowest BCUT2D eigenvalue weighted by Crippen LogP contribution is -2.35. The van der Waals surface area contributed by atoms with Crippen LogP contribution in [-0.2, 0) is 9.59 Å². The SMILES string of the molecule is N#Cc1cc2ccccc2nc1N(CC(=O)O)CC(=O)O. The summed E-state index contributed by atoms with van der Waals surface area (Å²) >= 11 is 0. The zero-order valence-electron chi connectivity index (χ0n) is 10.9. The lowest BCUT2D eigenvalue weighted by molar-refractivity contribution is -0.136. The highest BCUT2D eigenvalue weighted by Gasteiger charge is 2.19. The van der Waals surface area contributed by atoms with E-state index in [2.05, 4.69) is 4.98 Å². The molecule has 2 rings (SSSR count). The molecule has 1 aromatic carbocycles. The van der Waals surface area contributed by atoms with Crippen LogP contribution < -0.4 is 4.90 Å². The predicted molar refractivity (Wildman–Crippen MR) is 73.9 cm³/mol. The van der Waals surface area contributed by atoms with Crippen molar-refractivity contribution < 1.29 is 19.8 Å². The highest BCUT2D eigenvalue weighted by Crippen LogP contribution is 2.22. The molecule has 0 aliphatic heterocycles. The predicted octanol–water partition coefficient (Wildman–Crippen LogP) is 1.08. The maximum absolute atomic E-state index is 10.9. The van der Waals surface area contributed by atoms with E-state index in [1.165, 1.54) is 0 Å². The van der Waals surface area contributed by atoms with Crippen molar-refractivity contribution in [1.82, 2.24) is 4.98 Å². The molecule has 2 N–H and O–H groups in total. The molecule has 0 aliphatic carbocycles. The smallest absolute Gasteiger partial charge is 0.323 e. The standard InChI is InChI=1S/C14H11N3O4/c15-6-10-5-9-3-1-2-4-11(9)16-14(10)17(7-12(18)19)8-13(20)21/h1-5H,7-8H2,(H,18,19)(H,20,21). The van der Waals surface area contributed by atoms with Crippen LogP contribution in [0.5, 0.6) is 0 Å². The number of aliphatic carboxylic acids is 2. The number of anilines is 1. The van der Waals surface area contributed by atoms with Crippen LogP contribution in [0.4, 0.5) is 5.82 Å². The molecule has 0 amide bonds. The Balaban J connectivity index is 2.57. The molecule has 0 fully saturated rings.